The predicted molar refractivity (Wildman–Crippen MR) is 99.3 cm³/mol. The van der Waals surface area contributed by atoms with Gasteiger partial charge in [0.1, 0.15) is 6.07 Å². The van der Waals surface area contributed by atoms with Crippen LogP contribution < -0.4 is 5.32 Å². The van der Waals surface area contributed by atoms with Gasteiger partial charge in [0.2, 0.25) is 15.9 Å². The van der Waals surface area contributed by atoms with E-state index in [-0.39, 0.29) is 17.0 Å². The van der Waals surface area contributed by atoms with E-state index in [0.717, 1.165) is 4.31 Å². The fraction of sp³-hybridized carbons (Fsp3) is 0.176. The lowest BCUT2D eigenvalue weighted by molar-refractivity contribution is -0.121. The lowest BCUT2D eigenvalue weighted by atomic mass is 10.2. The largest absolute Gasteiger partial charge is 0.351 e. The van der Waals surface area contributed by atoms with Crippen LogP contribution in [-0.2, 0) is 21.4 Å². The van der Waals surface area contributed by atoms with Crippen LogP contribution in [0.15, 0.2) is 47.4 Å². The number of rotatable bonds is 6. The van der Waals surface area contributed by atoms with E-state index >= 15 is 0 Å². The van der Waals surface area contributed by atoms with Crippen molar-refractivity contribution in [1.82, 2.24) is 9.62 Å². The van der Waals surface area contributed by atoms with Gasteiger partial charge in [0.05, 0.1) is 17.0 Å². The van der Waals surface area contributed by atoms with Crippen LogP contribution in [-0.4, -0.2) is 32.2 Å². The summed E-state index contributed by atoms with van der Waals surface area (Å²) >= 11 is 11.8. The van der Waals surface area contributed by atoms with Gasteiger partial charge in [-0.3, -0.25) is 4.79 Å². The third kappa shape index (κ3) is 4.74. The number of carbonyl (C=O) groups excluding carboxylic acids is 1. The lowest BCUT2D eigenvalue weighted by Crippen LogP contribution is -2.38. The van der Waals surface area contributed by atoms with Gasteiger partial charge in [-0.2, -0.15) is 9.57 Å². The first-order valence-electron chi connectivity index (χ1n) is 7.42. The van der Waals surface area contributed by atoms with E-state index in [4.69, 9.17) is 28.5 Å². The monoisotopic (exact) mass is 411 g/mol. The Bertz CT molecular complexity index is 971. The Kier molecular flexibility index (Phi) is 6.62. The number of likely N-dealkylation sites (N-methyl/N-ethyl adjacent to an activating group) is 1. The average molecular weight is 412 g/mol. The number of amides is 1. The topological polar surface area (TPSA) is 90.3 Å². The van der Waals surface area contributed by atoms with E-state index in [0.29, 0.717) is 15.6 Å². The smallest absolute Gasteiger partial charge is 0.244 e. The molecule has 0 saturated carbocycles. The second-order valence-corrected chi connectivity index (χ2v) is 8.24. The molecule has 0 aliphatic heterocycles. The highest BCUT2D eigenvalue weighted by molar-refractivity contribution is 7.89. The van der Waals surface area contributed by atoms with E-state index in [1.807, 2.05) is 6.07 Å². The maximum absolute atomic E-state index is 12.6. The summed E-state index contributed by atoms with van der Waals surface area (Å²) in [7, 11) is -2.69. The predicted octanol–water partition coefficient (Wildman–Crippen LogP) is 2.80. The first kappa shape index (κ1) is 20.2. The number of nitrogens with one attached hydrogen (secondary N) is 1. The molecule has 9 heteroatoms. The number of hydrogen-bond acceptors (Lipinski definition) is 4. The molecule has 2 aromatic rings. The molecule has 0 spiro atoms. The number of nitriles is 1. The molecule has 0 radical (unpaired) electrons. The summed E-state index contributed by atoms with van der Waals surface area (Å²) in [6, 6.07) is 12.5. The van der Waals surface area contributed by atoms with Gasteiger partial charge in [-0.25, -0.2) is 8.42 Å². The van der Waals surface area contributed by atoms with Gasteiger partial charge in [0, 0.05) is 23.6 Å². The minimum atomic E-state index is -3.97. The SMILES string of the molecule is CN(CC(=O)NCc1ccc(Cl)cc1Cl)S(=O)(=O)c1ccccc1C#N. The van der Waals surface area contributed by atoms with E-state index < -0.39 is 22.5 Å². The summed E-state index contributed by atoms with van der Waals surface area (Å²) in [5, 5.41) is 12.6. The molecular weight excluding hydrogens is 397 g/mol. The first-order chi connectivity index (χ1) is 12.3. The number of halogens is 2. The molecule has 0 bridgehead atoms. The fourth-order valence-electron chi connectivity index (χ4n) is 2.15. The van der Waals surface area contributed by atoms with Crippen LogP contribution in [0.2, 0.25) is 10.0 Å². The van der Waals surface area contributed by atoms with Crippen molar-refractivity contribution in [2.24, 2.45) is 0 Å². The van der Waals surface area contributed by atoms with E-state index in [1.165, 1.54) is 25.2 Å². The molecule has 0 saturated heterocycles. The molecule has 0 unspecified atom stereocenters. The molecule has 0 aliphatic rings. The van der Waals surface area contributed by atoms with Crippen molar-refractivity contribution in [1.29, 1.82) is 5.26 Å². The van der Waals surface area contributed by atoms with Crippen LogP contribution in [0.25, 0.3) is 0 Å². The summed E-state index contributed by atoms with van der Waals surface area (Å²) in [5.41, 5.74) is 0.678. The second-order valence-electron chi connectivity index (χ2n) is 5.38. The zero-order valence-corrected chi connectivity index (χ0v) is 16.1. The van der Waals surface area contributed by atoms with Crippen LogP contribution in [0.3, 0.4) is 0 Å². The molecular formula is C17H15Cl2N3O3S. The highest BCUT2D eigenvalue weighted by Crippen LogP contribution is 2.21. The molecule has 1 amide bonds. The van der Waals surface area contributed by atoms with Gasteiger partial charge in [-0.1, -0.05) is 41.4 Å². The van der Waals surface area contributed by atoms with Crippen molar-refractivity contribution in [3.63, 3.8) is 0 Å². The fourth-order valence-corrected chi connectivity index (χ4v) is 3.89. The van der Waals surface area contributed by atoms with Gasteiger partial charge in [-0.05, 0) is 29.8 Å². The van der Waals surface area contributed by atoms with Crippen LogP contribution >= 0.6 is 23.2 Å². The van der Waals surface area contributed by atoms with Gasteiger partial charge in [0.25, 0.3) is 0 Å². The molecule has 0 fully saturated rings. The molecule has 0 aromatic heterocycles. The van der Waals surface area contributed by atoms with Gasteiger partial charge in [-0.15, -0.1) is 0 Å². The molecule has 6 nitrogen and oxygen atoms in total. The van der Waals surface area contributed by atoms with Crippen molar-refractivity contribution < 1.29 is 13.2 Å². The van der Waals surface area contributed by atoms with E-state index in [9.17, 15) is 13.2 Å². The summed E-state index contributed by atoms with van der Waals surface area (Å²) in [4.78, 5) is 11.9. The number of sulfonamides is 1. The second kappa shape index (κ2) is 8.52. The van der Waals surface area contributed by atoms with Gasteiger partial charge >= 0.3 is 0 Å². The summed E-state index contributed by atoms with van der Waals surface area (Å²) in [5.74, 6) is -0.503. The van der Waals surface area contributed by atoms with Gasteiger partial charge < -0.3 is 5.32 Å². The molecule has 2 rings (SSSR count). The van der Waals surface area contributed by atoms with Crippen LogP contribution in [0, 0.1) is 11.3 Å². The number of hydrogen-bond donors (Lipinski definition) is 1. The number of benzene rings is 2. The van der Waals surface area contributed by atoms with Crippen molar-refractivity contribution in [3.8, 4) is 6.07 Å². The minimum Gasteiger partial charge on any atom is -0.351 e. The highest BCUT2D eigenvalue weighted by Gasteiger charge is 2.25. The molecule has 1 N–H and O–H groups in total. The zero-order valence-electron chi connectivity index (χ0n) is 13.7. The molecule has 2 aromatic carbocycles. The lowest BCUT2D eigenvalue weighted by Gasteiger charge is -2.17. The maximum Gasteiger partial charge on any atom is 0.244 e. The van der Waals surface area contributed by atoms with Crippen molar-refractivity contribution >= 4 is 39.1 Å². The normalized spacial score (nSPS) is 11.2. The van der Waals surface area contributed by atoms with Crippen LogP contribution in [0.5, 0.6) is 0 Å². The van der Waals surface area contributed by atoms with Crippen molar-refractivity contribution in [2.45, 2.75) is 11.4 Å². The standard InChI is InChI=1S/C17H15Cl2N3O3S/c1-22(26(24,25)16-5-3-2-4-12(16)9-20)11-17(23)21-10-13-6-7-14(18)8-15(13)19/h2-8H,10-11H2,1H3,(H,21,23). The van der Waals surface area contributed by atoms with Crippen LogP contribution in [0.4, 0.5) is 0 Å². The van der Waals surface area contributed by atoms with Crippen molar-refractivity contribution in [3.05, 3.63) is 63.6 Å². The Morgan fingerprint density at radius 3 is 2.58 bits per heavy atom. The Hall–Kier alpha value is -2.11. The zero-order chi connectivity index (χ0) is 19.3. The highest BCUT2D eigenvalue weighted by atomic mass is 35.5. The summed E-state index contributed by atoms with van der Waals surface area (Å²) < 4.78 is 26.0. The minimum absolute atomic E-state index is 0.0210. The molecule has 26 heavy (non-hydrogen) atoms. The molecule has 0 atom stereocenters. The van der Waals surface area contributed by atoms with Gasteiger partial charge in [0.15, 0.2) is 0 Å². The maximum atomic E-state index is 12.6. The van der Waals surface area contributed by atoms with Crippen molar-refractivity contribution in [2.75, 3.05) is 13.6 Å². The Morgan fingerprint density at radius 1 is 1.23 bits per heavy atom. The Morgan fingerprint density at radius 2 is 1.92 bits per heavy atom. The average Bonchev–Trinajstić information content (AvgIpc) is 2.60. The Balaban J connectivity index is 2.05. The summed E-state index contributed by atoms with van der Waals surface area (Å²) in [6.45, 7) is -0.259. The third-order valence-electron chi connectivity index (χ3n) is 3.55. The Labute approximate surface area is 162 Å². The van der Waals surface area contributed by atoms with E-state index in [1.54, 1.807) is 24.3 Å². The number of nitrogens with zero attached hydrogens (tertiary/aromatic N) is 2. The molecule has 0 heterocycles. The van der Waals surface area contributed by atoms with E-state index in [2.05, 4.69) is 5.32 Å². The summed E-state index contributed by atoms with van der Waals surface area (Å²) in [6.07, 6.45) is 0. The third-order valence-corrected chi connectivity index (χ3v) is 6.00. The number of carbonyl (C=O) groups is 1. The molecule has 136 valence electrons. The molecule has 0 aliphatic carbocycles. The quantitative estimate of drug-likeness (QED) is 0.790. The van der Waals surface area contributed by atoms with Crippen LogP contribution in [0.1, 0.15) is 11.1 Å². The first-order valence-corrected chi connectivity index (χ1v) is 9.61.